The zero-order valence-electron chi connectivity index (χ0n) is 13.2. The van der Waals surface area contributed by atoms with E-state index >= 15 is 0 Å². The van der Waals surface area contributed by atoms with Crippen LogP contribution in [0.2, 0.25) is 5.02 Å². The number of hydrogen-bond donors (Lipinski definition) is 0. The van der Waals surface area contributed by atoms with Crippen LogP contribution in [-0.2, 0) is 9.53 Å². The van der Waals surface area contributed by atoms with Gasteiger partial charge in [-0.3, -0.25) is 4.79 Å². The molecule has 1 saturated heterocycles. The first-order valence-corrected chi connectivity index (χ1v) is 8.34. The van der Waals surface area contributed by atoms with Gasteiger partial charge in [-0.1, -0.05) is 54.1 Å². The maximum Gasteiger partial charge on any atom is 0.340 e. The Bertz CT molecular complexity index is 726. The molecule has 0 unspecified atom stereocenters. The van der Waals surface area contributed by atoms with Gasteiger partial charge < -0.3 is 9.64 Å². The summed E-state index contributed by atoms with van der Waals surface area (Å²) >= 11 is 6.06. The molecular formula is C19H18ClNO3. The van der Waals surface area contributed by atoms with E-state index in [9.17, 15) is 9.59 Å². The number of carbonyl (C=O) groups is 2. The Labute approximate surface area is 146 Å². The Morgan fingerprint density at radius 1 is 0.958 bits per heavy atom. The number of nitrogens with zero attached hydrogens (tertiary/aromatic N) is 1. The first-order valence-electron chi connectivity index (χ1n) is 7.96. The van der Waals surface area contributed by atoms with Gasteiger partial charge in [-0.15, -0.1) is 0 Å². The van der Waals surface area contributed by atoms with Crippen LogP contribution in [0.25, 0.3) is 0 Å². The van der Waals surface area contributed by atoms with Crippen molar-refractivity contribution in [1.29, 1.82) is 0 Å². The molecule has 0 N–H and O–H groups in total. The minimum absolute atomic E-state index is 0.181. The molecule has 1 amide bonds. The number of rotatable bonds is 4. The van der Waals surface area contributed by atoms with Gasteiger partial charge in [0.05, 0.1) is 10.6 Å². The van der Waals surface area contributed by atoms with E-state index in [-0.39, 0.29) is 11.5 Å². The van der Waals surface area contributed by atoms with Crippen molar-refractivity contribution in [2.45, 2.75) is 18.9 Å². The summed E-state index contributed by atoms with van der Waals surface area (Å²) in [6, 6.07) is 15.7. The van der Waals surface area contributed by atoms with Crippen LogP contribution in [0, 0.1) is 0 Å². The SMILES string of the molecule is O=C(O[C@H](C(=O)N1CCCC1)c1ccccc1)c1ccccc1Cl. The summed E-state index contributed by atoms with van der Waals surface area (Å²) in [5, 5.41) is 0.308. The Morgan fingerprint density at radius 3 is 2.25 bits per heavy atom. The molecule has 2 aromatic rings. The summed E-state index contributed by atoms with van der Waals surface area (Å²) in [7, 11) is 0. The van der Waals surface area contributed by atoms with Crippen LogP contribution >= 0.6 is 11.6 Å². The van der Waals surface area contributed by atoms with Crippen LogP contribution in [0.5, 0.6) is 0 Å². The maximum absolute atomic E-state index is 12.8. The van der Waals surface area contributed by atoms with Crippen molar-refractivity contribution in [1.82, 2.24) is 4.90 Å². The Morgan fingerprint density at radius 2 is 1.58 bits per heavy atom. The van der Waals surface area contributed by atoms with Crippen LogP contribution in [-0.4, -0.2) is 29.9 Å². The number of benzene rings is 2. The van der Waals surface area contributed by atoms with Crippen LogP contribution in [0.1, 0.15) is 34.9 Å². The van der Waals surface area contributed by atoms with Crippen molar-refractivity contribution < 1.29 is 14.3 Å². The van der Waals surface area contributed by atoms with Crippen molar-refractivity contribution in [3.63, 3.8) is 0 Å². The third kappa shape index (κ3) is 3.60. The molecule has 1 fully saturated rings. The van der Waals surface area contributed by atoms with E-state index in [1.807, 2.05) is 18.2 Å². The second-order valence-corrected chi connectivity index (χ2v) is 6.12. The van der Waals surface area contributed by atoms with Crippen LogP contribution in [0.15, 0.2) is 54.6 Å². The van der Waals surface area contributed by atoms with E-state index in [1.165, 1.54) is 0 Å². The van der Waals surface area contributed by atoms with Gasteiger partial charge in [-0.05, 0) is 25.0 Å². The third-order valence-electron chi connectivity index (χ3n) is 4.06. The van der Waals surface area contributed by atoms with Gasteiger partial charge in [-0.25, -0.2) is 4.79 Å². The van der Waals surface area contributed by atoms with E-state index in [0.717, 1.165) is 12.8 Å². The molecule has 0 bridgehead atoms. The fraction of sp³-hybridized carbons (Fsp3) is 0.263. The number of esters is 1. The Hall–Kier alpha value is -2.33. The second kappa shape index (κ2) is 7.49. The highest BCUT2D eigenvalue weighted by molar-refractivity contribution is 6.33. The predicted octanol–water partition coefficient (Wildman–Crippen LogP) is 3.86. The molecule has 4 nitrogen and oxygen atoms in total. The maximum atomic E-state index is 12.8. The molecule has 0 aromatic heterocycles. The number of ether oxygens (including phenoxy) is 1. The molecule has 2 aromatic carbocycles. The van der Waals surface area contributed by atoms with Gasteiger partial charge in [0.1, 0.15) is 0 Å². The summed E-state index contributed by atoms with van der Waals surface area (Å²) < 4.78 is 5.56. The topological polar surface area (TPSA) is 46.6 Å². The first-order chi connectivity index (χ1) is 11.7. The van der Waals surface area contributed by atoms with Crippen LogP contribution < -0.4 is 0 Å². The van der Waals surface area contributed by atoms with Crippen molar-refractivity contribution in [2.75, 3.05) is 13.1 Å². The number of hydrogen-bond acceptors (Lipinski definition) is 3. The van der Waals surface area contributed by atoms with Gasteiger partial charge in [-0.2, -0.15) is 0 Å². The van der Waals surface area contributed by atoms with Crippen LogP contribution in [0.4, 0.5) is 0 Å². The van der Waals surface area contributed by atoms with Gasteiger partial charge in [0.25, 0.3) is 5.91 Å². The summed E-state index contributed by atoms with van der Waals surface area (Å²) in [5.41, 5.74) is 0.920. The van der Waals surface area contributed by atoms with Crippen molar-refractivity contribution in [2.24, 2.45) is 0 Å². The minimum atomic E-state index is -0.951. The van der Waals surface area contributed by atoms with Crippen molar-refractivity contribution in [3.05, 3.63) is 70.7 Å². The lowest BCUT2D eigenvalue weighted by molar-refractivity contribution is -0.140. The molecule has 124 valence electrons. The largest absolute Gasteiger partial charge is 0.444 e. The zero-order valence-corrected chi connectivity index (χ0v) is 13.9. The molecule has 0 spiro atoms. The molecule has 1 aliphatic heterocycles. The highest BCUT2D eigenvalue weighted by Crippen LogP contribution is 2.25. The van der Waals surface area contributed by atoms with Crippen molar-refractivity contribution >= 4 is 23.5 Å². The normalized spacial score (nSPS) is 15.1. The van der Waals surface area contributed by atoms with E-state index in [4.69, 9.17) is 16.3 Å². The van der Waals surface area contributed by atoms with E-state index in [2.05, 4.69) is 0 Å². The average Bonchev–Trinajstić information content (AvgIpc) is 3.15. The third-order valence-corrected chi connectivity index (χ3v) is 4.39. The molecule has 0 saturated carbocycles. The first kappa shape index (κ1) is 16.5. The highest BCUT2D eigenvalue weighted by atomic mass is 35.5. The molecule has 0 aliphatic carbocycles. The van der Waals surface area contributed by atoms with Crippen molar-refractivity contribution in [3.8, 4) is 0 Å². The average molecular weight is 344 g/mol. The molecule has 1 heterocycles. The molecule has 5 heteroatoms. The lowest BCUT2D eigenvalue weighted by Crippen LogP contribution is -2.34. The summed E-state index contributed by atoms with van der Waals surface area (Å²) in [6.07, 6.45) is 1.00. The molecule has 0 radical (unpaired) electrons. The lowest BCUT2D eigenvalue weighted by atomic mass is 10.1. The van der Waals surface area contributed by atoms with Gasteiger partial charge in [0.2, 0.25) is 6.10 Å². The zero-order chi connectivity index (χ0) is 16.9. The predicted molar refractivity (Wildman–Crippen MR) is 91.9 cm³/mol. The summed E-state index contributed by atoms with van der Waals surface area (Å²) in [6.45, 7) is 1.40. The standard InChI is InChI=1S/C19H18ClNO3/c20-16-11-5-4-10-15(16)19(23)24-17(14-8-2-1-3-9-14)18(22)21-12-6-7-13-21/h1-5,8-11,17H,6-7,12-13H2/t17-/m0/s1. The highest BCUT2D eigenvalue weighted by Gasteiger charge is 2.31. The molecular weight excluding hydrogens is 326 g/mol. The van der Waals surface area contributed by atoms with Gasteiger partial charge >= 0.3 is 5.97 Å². The molecule has 24 heavy (non-hydrogen) atoms. The van der Waals surface area contributed by atoms with Gasteiger partial charge in [0.15, 0.2) is 0 Å². The van der Waals surface area contributed by atoms with E-state index in [1.54, 1.807) is 41.3 Å². The second-order valence-electron chi connectivity index (χ2n) is 5.71. The quantitative estimate of drug-likeness (QED) is 0.792. The van der Waals surface area contributed by atoms with E-state index < -0.39 is 12.1 Å². The fourth-order valence-corrected chi connectivity index (χ4v) is 3.00. The Kier molecular flexibility index (Phi) is 5.16. The monoisotopic (exact) mass is 343 g/mol. The lowest BCUT2D eigenvalue weighted by Gasteiger charge is -2.23. The Balaban J connectivity index is 1.86. The number of likely N-dealkylation sites (tertiary alicyclic amines) is 1. The number of amides is 1. The number of carbonyl (C=O) groups excluding carboxylic acids is 2. The molecule has 1 aliphatic rings. The summed E-state index contributed by atoms with van der Waals surface area (Å²) in [4.78, 5) is 27.1. The smallest absolute Gasteiger partial charge is 0.340 e. The fourth-order valence-electron chi connectivity index (χ4n) is 2.79. The van der Waals surface area contributed by atoms with Crippen LogP contribution in [0.3, 0.4) is 0 Å². The summed E-state index contributed by atoms with van der Waals surface area (Å²) in [5.74, 6) is -0.777. The number of halogens is 1. The van der Waals surface area contributed by atoms with Gasteiger partial charge in [0, 0.05) is 18.7 Å². The molecule has 1 atom stereocenters. The molecule has 3 rings (SSSR count). The van der Waals surface area contributed by atoms with E-state index in [0.29, 0.717) is 23.7 Å². The minimum Gasteiger partial charge on any atom is -0.444 e.